The molecule has 0 aliphatic heterocycles. The summed E-state index contributed by atoms with van der Waals surface area (Å²) in [7, 11) is 0. The van der Waals surface area contributed by atoms with Crippen molar-refractivity contribution in [1.82, 2.24) is 15.0 Å². The van der Waals surface area contributed by atoms with Gasteiger partial charge in [-0.25, -0.2) is 15.0 Å². The lowest BCUT2D eigenvalue weighted by Gasteiger charge is -2.16. The highest BCUT2D eigenvalue weighted by molar-refractivity contribution is 6.17. The predicted octanol–water partition coefficient (Wildman–Crippen LogP) is 13.1. The average molecular weight is 694 g/mol. The smallest absolute Gasteiger partial charge is 0.167 e. The van der Waals surface area contributed by atoms with Crippen molar-refractivity contribution in [2.75, 3.05) is 0 Å². The van der Waals surface area contributed by atoms with E-state index in [0.29, 0.717) is 11.6 Å². The summed E-state index contributed by atoms with van der Waals surface area (Å²) in [5, 5.41) is 6.47. The van der Waals surface area contributed by atoms with E-state index < -0.39 is 0 Å². The maximum atomic E-state index is 6.51. The van der Waals surface area contributed by atoms with E-state index in [-0.39, 0.29) is 5.92 Å². The van der Waals surface area contributed by atoms with Gasteiger partial charge in [0.2, 0.25) is 0 Å². The van der Waals surface area contributed by atoms with Crippen molar-refractivity contribution in [2.24, 2.45) is 0 Å². The van der Waals surface area contributed by atoms with Gasteiger partial charge in [0.05, 0.1) is 5.56 Å². The summed E-state index contributed by atoms with van der Waals surface area (Å²) in [6.45, 7) is 0. The fourth-order valence-corrected chi connectivity index (χ4v) is 8.09. The first kappa shape index (κ1) is 30.5. The minimum absolute atomic E-state index is 0.0271. The van der Waals surface area contributed by atoms with E-state index in [9.17, 15) is 0 Å². The Morgan fingerprint density at radius 1 is 0.444 bits per heavy atom. The van der Waals surface area contributed by atoms with Crippen molar-refractivity contribution in [2.45, 2.75) is 12.3 Å². The van der Waals surface area contributed by atoms with Crippen LogP contribution < -0.4 is 0 Å². The van der Waals surface area contributed by atoms with Crippen LogP contribution in [0.3, 0.4) is 0 Å². The molecule has 5 heteroatoms. The van der Waals surface area contributed by atoms with Gasteiger partial charge in [-0.2, -0.15) is 0 Å². The minimum atomic E-state index is 0.0271. The van der Waals surface area contributed by atoms with Crippen molar-refractivity contribution < 1.29 is 8.83 Å². The third-order valence-electron chi connectivity index (χ3n) is 10.7. The maximum absolute atomic E-state index is 6.51. The van der Waals surface area contributed by atoms with Gasteiger partial charge in [0, 0.05) is 33.0 Å². The second-order valence-electron chi connectivity index (χ2n) is 13.8. The number of nitrogens with zero attached hydrogens (tertiary/aromatic N) is 3. The number of aromatic nitrogens is 3. The van der Waals surface area contributed by atoms with Crippen molar-refractivity contribution in [1.29, 1.82) is 0 Å². The highest BCUT2D eigenvalue weighted by Gasteiger charge is 2.23. The van der Waals surface area contributed by atoms with E-state index in [2.05, 4.69) is 127 Å². The summed E-state index contributed by atoms with van der Waals surface area (Å²) in [6, 6.07) is 50.5. The van der Waals surface area contributed by atoms with Crippen LogP contribution in [-0.4, -0.2) is 15.0 Å². The van der Waals surface area contributed by atoms with E-state index in [1.165, 1.54) is 0 Å². The summed E-state index contributed by atoms with van der Waals surface area (Å²) in [5.74, 6) is 1.99. The molecule has 54 heavy (non-hydrogen) atoms. The normalized spacial score (nSPS) is 14.3. The molecule has 0 radical (unpaired) electrons. The van der Waals surface area contributed by atoms with Gasteiger partial charge in [-0.3, -0.25) is 0 Å². The molecule has 7 aromatic carbocycles. The lowest BCUT2D eigenvalue weighted by Crippen LogP contribution is -2.08. The Kier molecular flexibility index (Phi) is 6.92. The Balaban J connectivity index is 1.15. The monoisotopic (exact) mass is 693 g/mol. The van der Waals surface area contributed by atoms with Gasteiger partial charge >= 0.3 is 0 Å². The van der Waals surface area contributed by atoms with Crippen LogP contribution in [0.1, 0.15) is 18.2 Å². The fraction of sp³-hybridized carbons (Fsp3) is 0.0408. The van der Waals surface area contributed by atoms with Crippen LogP contribution in [0.4, 0.5) is 0 Å². The molecule has 0 fully saturated rings. The highest BCUT2D eigenvalue weighted by atomic mass is 16.3. The first-order valence-corrected chi connectivity index (χ1v) is 18.3. The molecular formula is C49H31N3O2. The third-order valence-corrected chi connectivity index (χ3v) is 10.7. The fourth-order valence-electron chi connectivity index (χ4n) is 8.09. The minimum Gasteiger partial charge on any atom is -0.456 e. The van der Waals surface area contributed by atoms with Gasteiger partial charge < -0.3 is 8.83 Å². The van der Waals surface area contributed by atoms with Gasteiger partial charge in [0.25, 0.3) is 0 Å². The van der Waals surface area contributed by atoms with Crippen molar-refractivity contribution in [3.8, 4) is 45.0 Å². The van der Waals surface area contributed by atoms with Crippen LogP contribution in [0.25, 0.3) is 99.7 Å². The lowest BCUT2D eigenvalue weighted by atomic mass is 9.90. The molecule has 1 aliphatic rings. The Bertz CT molecular complexity index is 3150. The second-order valence-corrected chi connectivity index (χ2v) is 13.8. The van der Waals surface area contributed by atoms with E-state index in [1.54, 1.807) is 0 Å². The standard InChI is InChI=1S/C49H31N3O2/c1-3-14-30(15-4-1)32-28-41(45-39-21-10-12-25-43(39)53-44(45)29-32)35-26-27-38(34-19-8-7-18-33(34)35)48-50-47(31-16-5-2-6-17-31)51-49(52-48)40-23-13-22-37-36-20-9-11-24-42(36)54-46(37)40/h1-16,18-29,31H,17H2. The molecule has 1 aliphatic carbocycles. The molecule has 10 aromatic rings. The molecule has 254 valence electrons. The SMILES string of the molecule is C1=CCC(c2nc(-c3ccc(-c4cc(-c5ccccc5)cc5oc6ccccc6c45)c4ccccc34)nc(-c3cccc4c3oc3ccccc34)n2)C=C1. The molecule has 0 N–H and O–H groups in total. The van der Waals surface area contributed by atoms with Crippen molar-refractivity contribution in [3.05, 3.63) is 176 Å². The van der Waals surface area contributed by atoms with E-state index >= 15 is 0 Å². The number of rotatable bonds is 5. The molecule has 0 bridgehead atoms. The summed E-state index contributed by atoms with van der Waals surface area (Å²) in [6.07, 6.45) is 9.31. The first-order chi connectivity index (χ1) is 26.8. The van der Waals surface area contributed by atoms with E-state index in [0.717, 1.165) is 100 Å². The largest absolute Gasteiger partial charge is 0.456 e. The number of allylic oxidation sites excluding steroid dienone is 4. The van der Waals surface area contributed by atoms with Crippen molar-refractivity contribution >= 4 is 54.6 Å². The van der Waals surface area contributed by atoms with Gasteiger partial charge in [-0.15, -0.1) is 0 Å². The Morgan fingerprint density at radius 2 is 1.11 bits per heavy atom. The molecule has 0 saturated heterocycles. The van der Waals surface area contributed by atoms with Crippen LogP contribution in [0.5, 0.6) is 0 Å². The second kappa shape index (κ2) is 12.2. The Morgan fingerprint density at radius 3 is 1.91 bits per heavy atom. The van der Waals surface area contributed by atoms with Crippen molar-refractivity contribution in [3.63, 3.8) is 0 Å². The van der Waals surface area contributed by atoms with Gasteiger partial charge in [-0.1, -0.05) is 133 Å². The van der Waals surface area contributed by atoms with Crippen LogP contribution in [0.15, 0.2) is 179 Å². The van der Waals surface area contributed by atoms with Crippen LogP contribution in [-0.2, 0) is 0 Å². The number of benzene rings is 7. The summed E-state index contributed by atoms with van der Waals surface area (Å²) < 4.78 is 13.0. The van der Waals surface area contributed by atoms with E-state index in [1.807, 2.05) is 42.5 Å². The molecule has 11 rings (SSSR count). The Hall–Kier alpha value is -7.11. The number of hydrogen-bond donors (Lipinski definition) is 0. The molecule has 1 unspecified atom stereocenters. The van der Waals surface area contributed by atoms with Gasteiger partial charge in [-0.05, 0) is 75.8 Å². The number of fused-ring (bicyclic) bond motifs is 7. The van der Waals surface area contributed by atoms with Crippen LogP contribution in [0.2, 0.25) is 0 Å². The average Bonchev–Trinajstić information content (AvgIpc) is 3.82. The molecule has 3 aromatic heterocycles. The zero-order chi connectivity index (χ0) is 35.6. The number of hydrogen-bond acceptors (Lipinski definition) is 5. The highest BCUT2D eigenvalue weighted by Crippen LogP contribution is 2.44. The molecule has 5 nitrogen and oxygen atoms in total. The number of para-hydroxylation sites is 3. The summed E-state index contributed by atoms with van der Waals surface area (Å²) >= 11 is 0. The molecule has 3 heterocycles. The maximum Gasteiger partial charge on any atom is 0.167 e. The predicted molar refractivity (Wildman–Crippen MR) is 219 cm³/mol. The van der Waals surface area contributed by atoms with Gasteiger partial charge in [0.15, 0.2) is 11.6 Å². The lowest BCUT2D eigenvalue weighted by molar-refractivity contribution is 0.668. The summed E-state index contributed by atoms with van der Waals surface area (Å²) in [5.41, 5.74) is 9.61. The van der Waals surface area contributed by atoms with E-state index in [4.69, 9.17) is 23.8 Å². The zero-order valence-electron chi connectivity index (χ0n) is 29.1. The summed E-state index contributed by atoms with van der Waals surface area (Å²) in [4.78, 5) is 15.6. The Labute approximate surface area is 310 Å². The molecular weight excluding hydrogens is 663 g/mol. The third kappa shape index (κ3) is 4.90. The number of furan rings is 2. The topological polar surface area (TPSA) is 65.0 Å². The van der Waals surface area contributed by atoms with Crippen LogP contribution in [0, 0.1) is 0 Å². The molecule has 1 atom stereocenters. The van der Waals surface area contributed by atoms with Gasteiger partial charge in [0.1, 0.15) is 28.2 Å². The quantitative estimate of drug-likeness (QED) is 0.179. The van der Waals surface area contributed by atoms with Crippen LogP contribution >= 0.6 is 0 Å². The molecule has 0 spiro atoms. The zero-order valence-corrected chi connectivity index (χ0v) is 29.1. The molecule has 0 amide bonds. The first-order valence-electron chi connectivity index (χ1n) is 18.3. The molecule has 0 saturated carbocycles.